The Morgan fingerprint density at radius 2 is 2.19 bits per heavy atom. The van der Waals surface area contributed by atoms with Gasteiger partial charge in [0, 0.05) is 41.4 Å². The van der Waals surface area contributed by atoms with Crippen LogP contribution in [-0.4, -0.2) is 33.3 Å². The number of aliphatic hydroxyl groups is 1. The van der Waals surface area contributed by atoms with Crippen LogP contribution in [0.5, 0.6) is 0 Å². The largest absolute Gasteiger partial charge is 0.396 e. The van der Waals surface area contributed by atoms with E-state index in [4.69, 9.17) is 10.1 Å². The predicted octanol–water partition coefficient (Wildman–Crippen LogP) is 3.98. The summed E-state index contributed by atoms with van der Waals surface area (Å²) < 4.78 is 0. The van der Waals surface area contributed by atoms with Gasteiger partial charge in [0.2, 0.25) is 5.95 Å². The number of unbranched alkanes of at least 4 members (excludes halogenated alkanes) is 1. The van der Waals surface area contributed by atoms with Crippen molar-refractivity contribution in [2.45, 2.75) is 57.5 Å². The first-order chi connectivity index (χ1) is 12.4. The van der Waals surface area contributed by atoms with Gasteiger partial charge in [-0.2, -0.15) is 0 Å². The zero-order chi connectivity index (χ0) is 18.6. The van der Waals surface area contributed by atoms with Crippen LogP contribution in [0.1, 0.15) is 44.4 Å². The van der Waals surface area contributed by atoms with Crippen molar-refractivity contribution >= 4 is 17.3 Å². The fourth-order valence-corrected chi connectivity index (χ4v) is 4.50. The Balaban J connectivity index is 1.67. The van der Waals surface area contributed by atoms with E-state index in [0.29, 0.717) is 5.95 Å². The van der Waals surface area contributed by atoms with Gasteiger partial charge in [-0.1, -0.05) is 6.58 Å². The predicted molar refractivity (Wildman–Crippen MR) is 108 cm³/mol. The van der Waals surface area contributed by atoms with Gasteiger partial charge in [-0.05, 0) is 57.7 Å². The fraction of sp³-hybridized carbons (Fsp3) is 0.500. The number of hydrogen-bond donors (Lipinski definition) is 3. The highest BCUT2D eigenvalue weighted by molar-refractivity contribution is 7.15. The van der Waals surface area contributed by atoms with Gasteiger partial charge >= 0.3 is 0 Å². The zero-order valence-electron chi connectivity index (χ0n) is 15.6. The van der Waals surface area contributed by atoms with Crippen molar-refractivity contribution in [1.82, 2.24) is 15.3 Å². The Bertz CT molecular complexity index is 756. The molecule has 1 unspecified atom stereocenters. The first-order valence-corrected chi connectivity index (χ1v) is 10.0. The molecule has 2 aromatic rings. The van der Waals surface area contributed by atoms with E-state index in [1.165, 1.54) is 4.88 Å². The molecule has 0 spiro atoms. The fourth-order valence-electron chi connectivity index (χ4n) is 3.48. The topological polar surface area (TPSA) is 70.1 Å². The lowest BCUT2D eigenvalue weighted by Crippen LogP contribution is -2.48. The second-order valence-electron chi connectivity index (χ2n) is 7.57. The van der Waals surface area contributed by atoms with Gasteiger partial charge in [-0.3, -0.25) is 0 Å². The lowest BCUT2D eigenvalue weighted by atomic mass is 9.88. The zero-order valence-corrected chi connectivity index (χ0v) is 16.4. The van der Waals surface area contributed by atoms with E-state index in [2.05, 4.69) is 48.2 Å². The van der Waals surface area contributed by atoms with Crippen molar-refractivity contribution < 1.29 is 5.11 Å². The van der Waals surface area contributed by atoms with E-state index in [9.17, 15) is 0 Å². The van der Waals surface area contributed by atoms with E-state index < -0.39 is 0 Å². The summed E-state index contributed by atoms with van der Waals surface area (Å²) >= 11 is 1.77. The SMILES string of the molecule is C=C1CC(Nc2nccc(-c3ccc(CCCCO)s3)n2)CC(C)(C)N1. The molecule has 0 aromatic carbocycles. The molecule has 3 rings (SSSR count). The third kappa shape index (κ3) is 5.05. The van der Waals surface area contributed by atoms with Crippen molar-refractivity contribution in [3.8, 4) is 10.6 Å². The molecule has 1 aliphatic heterocycles. The molecule has 1 aliphatic rings. The molecule has 0 bridgehead atoms. The number of aromatic nitrogens is 2. The first-order valence-electron chi connectivity index (χ1n) is 9.21. The maximum Gasteiger partial charge on any atom is 0.223 e. The highest BCUT2D eigenvalue weighted by Gasteiger charge is 2.29. The minimum atomic E-state index is 0.0296. The van der Waals surface area contributed by atoms with Crippen molar-refractivity contribution in [3.05, 3.63) is 41.5 Å². The molecule has 140 valence electrons. The number of anilines is 1. The van der Waals surface area contributed by atoms with Crippen LogP contribution >= 0.6 is 11.3 Å². The van der Waals surface area contributed by atoms with Crippen LogP contribution in [0, 0.1) is 0 Å². The van der Waals surface area contributed by atoms with Crippen LogP contribution in [0.2, 0.25) is 0 Å². The van der Waals surface area contributed by atoms with Gasteiger partial charge in [0.25, 0.3) is 0 Å². The average molecular weight is 373 g/mol. The molecule has 0 aliphatic carbocycles. The van der Waals surface area contributed by atoms with Gasteiger partial charge in [-0.15, -0.1) is 11.3 Å². The average Bonchev–Trinajstić information content (AvgIpc) is 3.02. The normalized spacial score (nSPS) is 19.2. The summed E-state index contributed by atoms with van der Waals surface area (Å²) in [6.45, 7) is 8.73. The molecule has 0 amide bonds. The molecule has 3 heterocycles. The van der Waals surface area contributed by atoms with Crippen LogP contribution < -0.4 is 10.6 Å². The second-order valence-corrected chi connectivity index (χ2v) is 8.74. The Hall–Kier alpha value is -1.92. The van der Waals surface area contributed by atoms with Gasteiger partial charge in [0.05, 0.1) is 10.6 Å². The van der Waals surface area contributed by atoms with Gasteiger partial charge < -0.3 is 15.7 Å². The minimum Gasteiger partial charge on any atom is -0.396 e. The number of hydrogen-bond acceptors (Lipinski definition) is 6. The summed E-state index contributed by atoms with van der Waals surface area (Å²) in [5.41, 5.74) is 2.04. The van der Waals surface area contributed by atoms with Crippen molar-refractivity contribution in [2.75, 3.05) is 11.9 Å². The van der Waals surface area contributed by atoms with Crippen LogP contribution in [0.4, 0.5) is 5.95 Å². The summed E-state index contributed by atoms with van der Waals surface area (Å²) in [6.07, 6.45) is 6.57. The molecular formula is C20H28N4OS. The van der Waals surface area contributed by atoms with Gasteiger partial charge in [0.1, 0.15) is 0 Å². The van der Waals surface area contributed by atoms with Gasteiger partial charge in [0.15, 0.2) is 0 Å². The third-order valence-corrected chi connectivity index (χ3v) is 5.67. The van der Waals surface area contributed by atoms with Gasteiger partial charge in [-0.25, -0.2) is 9.97 Å². The van der Waals surface area contributed by atoms with E-state index in [-0.39, 0.29) is 18.2 Å². The van der Waals surface area contributed by atoms with Crippen molar-refractivity contribution in [2.24, 2.45) is 0 Å². The molecule has 5 nitrogen and oxygen atoms in total. The highest BCUT2D eigenvalue weighted by Crippen LogP contribution is 2.29. The third-order valence-electron chi connectivity index (χ3n) is 4.50. The summed E-state index contributed by atoms with van der Waals surface area (Å²) in [6, 6.07) is 6.53. The van der Waals surface area contributed by atoms with Crippen LogP contribution in [-0.2, 0) is 6.42 Å². The molecule has 2 aromatic heterocycles. The summed E-state index contributed by atoms with van der Waals surface area (Å²) in [5, 5.41) is 15.8. The molecule has 0 saturated carbocycles. The highest BCUT2D eigenvalue weighted by atomic mass is 32.1. The maximum atomic E-state index is 8.91. The Labute approximate surface area is 159 Å². The first kappa shape index (κ1) is 18.9. The smallest absolute Gasteiger partial charge is 0.223 e. The van der Waals surface area contributed by atoms with E-state index in [1.807, 2.05) is 12.3 Å². The van der Waals surface area contributed by atoms with Crippen LogP contribution in [0.15, 0.2) is 36.7 Å². The van der Waals surface area contributed by atoms with Crippen LogP contribution in [0.25, 0.3) is 10.6 Å². The van der Waals surface area contributed by atoms with Crippen molar-refractivity contribution in [1.29, 1.82) is 0 Å². The maximum absolute atomic E-state index is 8.91. The Kier molecular flexibility index (Phi) is 5.94. The molecule has 0 radical (unpaired) electrons. The molecule has 26 heavy (non-hydrogen) atoms. The minimum absolute atomic E-state index is 0.0296. The quantitative estimate of drug-likeness (QED) is 0.642. The Morgan fingerprint density at radius 1 is 1.35 bits per heavy atom. The number of thiophene rings is 1. The molecular weight excluding hydrogens is 344 g/mol. The van der Waals surface area contributed by atoms with Crippen LogP contribution in [0.3, 0.4) is 0 Å². The van der Waals surface area contributed by atoms with E-state index in [0.717, 1.165) is 48.4 Å². The summed E-state index contributed by atoms with van der Waals surface area (Å²) in [4.78, 5) is 11.6. The lowest BCUT2D eigenvalue weighted by Gasteiger charge is -2.38. The second kappa shape index (κ2) is 8.18. The molecule has 1 fully saturated rings. The van der Waals surface area contributed by atoms with Crippen molar-refractivity contribution in [3.63, 3.8) is 0 Å². The monoisotopic (exact) mass is 372 g/mol. The number of piperidine rings is 1. The molecule has 3 N–H and O–H groups in total. The van der Waals surface area contributed by atoms with E-state index >= 15 is 0 Å². The number of aliphatic hydroxyl groups excluding tert-OH is 1. The molecule has 6 heteroatoms. The number of nitrogens with zero attached hydrogens (tertiary/aromatic N) is 2. The summed E-state index contributed by atoms with van der Waals surface area (Å²) in [5.74, 6) is 0.674. The number of rotatable bonds is 7. The summed E-state index contributed by atoms with van der Waals surface area (Å²) in [7, 11) is 0. The Morgan fingerprint density at radius 3 is 2.96 bits per heavy atom. The number of nitrogens with one attached hydrogen (secondary N) is 2. The molecule has 1 atom stereocenters. The molecule has 1 saturated heterocycles. The van der Waals surface area contributed by atoms with E-state index in [1.54, 1.807) is 11.3 Å². The lowest BCUT2D eigenvalue weighted by molar-refractivity contribution is 0.285. The standard InChI is InChI=1S/C20H28N4OS/c1-14-12-15(13-20(2,3)24-14)22-19-21-10-9-17(23-19)18-8-7-16(26-18)6-4-5-11-25/h7-10,15,24-25H,1,4-6,11-13H2,2-3H3,(H,21,22,23). The number of aryl methyl sites for hydroxylation is 1.